The average Bonchev–Trinajstić information content (AvgIpc) is 2.87. The SMILES string of the molecule is Cl.NCC1(NC(=O)c2ccc([N+](=O)[O-])cc2F)CCCC1. The van der Waals surface area contributed by atoms with Crippen LogP contribution in [0.15, 0.2) is 18.2 Å². The second kappa shape index (κ2) is 6.82. The van der Waals surface area contributed by atoms with Gasteiger partial charge in [0.15, 0.2) is 0 Å². The number of nitro benzene ring substituents is 1. The standard InChI is InChI=1S/C13H16FN3O3.ClH/c14-11-7-9(17(19)20)3-4-10(11)12(18)16-13(8-15)5-1-2-6-13;/h3-4,7H,1-2,5-6,8,15H2,(H,16,18);1H. The lowest BCUT2D eigenvalue weighted by Crippen LogP contribution is -2.51. The van der Waals surface area contributed by atoms with Gasteiger partial charge >= 0.3 is 0 Å². The van der Waals surface area contributed by atoms with E-state index in [1.807, 2.05) is 0 Å². The second-order valence-electron chi connectivity index (χ2n) is 5.07. The Kier molecular flexibility index (Phi) is 5.62. The molecular weight excluding hydrogens is 301 g/mol. The molecule has 0 saturated heterocycles. The predicted molar refractivity (Wildman–Crippen MR) is 78.0 cm³/mol. The quantitative estimate of drug-likeness (QED) is 0.656. The van der Waals surface area contributed by atoms with Crippen molar-refractivity contribution in [2.24, 2.45) is 5.73 Å². The number of benzene rings is 1. The lowest BCUT2D eigenvalue weighted by atomic mass is 9.97. The van der Waals surface area contributed by atoms with E-state index in [-0.39, 0.29) is 23.7 Å². The van der Waals surface area contributed by atoms with Crippen molar-refractivity contribution in [2.75, 3.05) is 6.54 Å². The first-order chi connectivity index (χ1) is 9.47. The summed E-state index contributed by atoms with van der Waals surface area (Å²) in [7, 11) is 0. The normalized spacial score (nSPS) is 16.1. The maximum Gasteiger partial charge on any atom is 0.272 e. The summed E-state index contributed by atoms with van der Waals surface area (Å²) in [6.07, 6.45) is 3.48. The Hall–Kier alpha value is -1.73. The number of hydrogen-bond acceptors (Lipinski definition) is 4. The van der Waals surface area contributed by atoms with Gasteiger partial charge in [0.25, 0.3) is 11.6 Å². The first kappa shape index (κ1) is 17.3. The average molecular weight is 318 g/mol. The van der Waals surface area contributed by atoms with Gasteiger partial charge in [-0.3, -0.25) is 14.9 Å². The summed E-state index contributed by atoms with van der Waals surface area (Å²) in [5.41, 5.74) is 4.64. The molecule has 1 aromatic rings. The Labute approximate surface area is 127 Å². The van der Waals surface area contributed by atoms with E-state index in [4.69, 9.17) is 5.73 Å². The van der Waals surface area contributed by atoms with Crippen LogP contribution in [0.1, 0.15) is 36.0 Å². The number of nitrogens with one attached hydrogen (secondary N) is 1. The molecule has 1 aliphatic carbocycles. The molecule has 8 heteroatoms. The van der Waals surface area contributed by atoms with Crippen LogP contribution in [0.2, 0.25) is 0 Å². The zero-order valence-electron chi connectivity index (χ0n) is 11.3. The van der Waals surface area contributed by atoms with Crippen molar-refractivity contribution in [3.8, 4) is 0 Å². The minimum absolute atomic E-state index is 0. The number of non-ortho nitro benzene ring substituents is 1. The van der Waals surface area contributed by atoms with Crippen molar-refractivity contribution in [3.63, 3.8) is 0 Å². The van der Waals surface area contributed by atoms with E-state index in [1.165, 1.54) is 0 Å². The van der Waals surface area contributed by atoms with Crippen LogP contribution in [-0.2, 0) is 0 Å². The number of rotatable bonds is 4. The van der Waals surface area contributed by atoms with Gasteiger partial charge in [-0.1, -0.05) is 12.8 Å². The number of nitrogens with two attached hydrogens (primary N) is 1. The van der Waals surface area contributed by atoms with Crippen LogP contribution in [0.5, 0.6) is 0 Å². The van der Waals surface area contributed by atoms with Crippen LogP contribution in [0.4, 0.5) is 10.1 Å². The van der Waals surface area contributed by atoms with Crippen molar-refractivity contribution >= 4 is 24.0 Å². The molecule has 0 unspecified atom stereocenters. The zero-order valence-corrected chi connectivity index (χ0v) is 12.1. The van der Waals surface area contributed by atoms with E-state index in [9.17, 15) is 19.3 Å². The Morgan fingerprint density at radius 2 is 2.05 bits per heavy atom. The molecule has 1 saturated carbocycles. The Bertz CT molecular complexity index is 547. The third-order valence-electron chi connectivity index (χ3n) is 3.74. The molecule has 0 bridgehead atoms. The largest absolute Gasteiger partial charge is 0.345 e. The third-order valence-corrected chi connectivity index (χ3v) is 3.74. The number of nitrogens with zero attached hydrogens (tertiary/aromatic N) is 1. The smallest absolute Gasteiger partial charge is 0.272 e. The Balaban J connectivity index is 0.00000220. The molecule has 1 amide bonds. The van der Waals surface area contributed by atoms with Gasteiger partial charge in [-0.15, -0.1) is 12.4 Å². The van der Waals surface area contributed by atoms with Gasteiger partial charge in [-0.25, -0.2) is 4.39 Å². The molecule has 0 spiro atoms. The Morgan fingerprint density at radius 3 is 2.52 bits per heavy atom. The van der Waals surface area contributed by atoms with Crippen LogP contribution in [0.3, 0.4) is 0 Å². The van der Waals surface area contributed by atoms with Gasteiger partial charge < -0.3 is 11.1 Å². The Morgan fingerprint density at radius 1 is 1.43 bits per heavy atom. The fourth-order valence-electron chi connectivity index (χ4n) is 2.54. The van der Waals surface area contributed by atoms with Crippen LogP contribution < -0.4 is 11.1 Å². The van der Waals surface area contributed by atoms with Crippen LogP contribution in [0, 0.1) is 15.9 Å². The molecule has 0 heterocycles. The number of hydrogen-bond donors (Lipinski definition) is 2. The maximum absolute atomic E-state index is 13.8. The van der Waals surface area contributed by atoms with Gasteiger partial charge in [-0.05, 0) is 18.9 Å². The highest BCUT2D eigenvalue weighted by atomic mass is 35.5. The van der Waals surface area contributed by atoms with E-state index in [0.717, 1.165) is 43.9 Å². The predicted octanol–water partition coefficient (Wildman–Crippen LogP) is 2.16. The fourth-order valence-corrected chi connectivity index (χ4v) is 2.54. The van der Waals surface area contributed by atoms with Gasteiger partial charge in [0.1, 0.15) is 5.82 Å². The highest BCUT2D eigenvalue weighted by molar-refractivity contribution is 5.95. The van der Waals surface area contributed by atoms with Crippen molar-refractivity contribution in [2.45, 2.75) is 31.2 Å². The molecule has 6 nitrogen and oxygen atoms in total. The molecule has 3 N–H and O–H groups in total. The molecular formula is C13H17ClFN3O3. The van der Waals surface area contributed by atoms with Gasteiger partial charge in [0.05, 0.1) is 22.1 Å². The van der Waals surface area contributed by atoms with Crippen molar-refractivity contribution < 1.29 is 14.1 Å². The minimum Gasteiger partial charge on any atom is -0.345 e. The second-order valence-corrected chi connectivity index (χ2v) is 5.07. The summed E-state index contributed by atoms with van der Waals surface area (Å²) in [6, 6.07) is 2.99. The van der Waals surface area contributed by atoms with Gasteiger partial charge in [0, 0.05) is 12.6 Å². The van der Waals surface area contributed by atoms with E-state index >= 15 is 0 Å². The summed E-state index contributed by atoms with van der Waals surface area (Å²) in [5.74, 6) is -1.48. The monoisotopic (exact) mass is 317 g/mol. The zero-order chi connectivity index (χ0) is 14.8. The van der Waals surface area contributed by atoms with Crippen LogP contribution in [0.25, 0.3) is 0 Å². The number of carbonyl (C=O) groups is 1. The third kappa shape index (κ3) is 3.68. The number of amides is 1. The topological polar surface area (TPSA) is 98.3 Å². The van der Waals surface area contributed by atoms with Crippen molar-refractivity contribution in [1.82, 2.24) is 5.32 Å². The summed E-state index contributed by atoms with van der Waals surface area (Å²) in [6.45, 7) is 0.299. The van der Waals surface area contributed by atoms with E-state index in [1.54, 1.807) is 0 Å². The van der Waals surface area contributed by atoms with Crippen molar-refractivity contribution in [1.29, 1.82) is 0 Å². The highest BCUT2D eigenvalue weighted by Crippen LogP contribution is 2.29. The van der Waals surface area contributed by atoms with Crippen molar-refractivity contribution in [3.05, 3.63) is 39.7 Å². The summed E-state index contributed by atoms with van der Waals surface area (Å²) in [5, 5.41) is 13.3. The summed E-state index contributed by atoms with van der Waals surface area (Å²) >= 11 is 0. The lowest BCUT2D eigenvalue weighted by molar-refractivity contribution is -0.385. The summed E-state index contributed by atoms with van der Waals surface area (Å²) < 4.78 is 13.8. The first-order valence-electron chi connectivity index (χ1n) is 6.44. The molecule has 0 aliphatic heterocycles. The van der Waals surface area contributed by atoms with Crippen LogP contribution in [-0.4, -0.2) is 22.9 Å². The molecule has 1 aliphatic rings. The van der Waals surface area contributed by atoms with E-state index in [0.29, 0.717) is 6.54 Å². The minimum atomic E-state index is -0.901. The molecule has 1 aromatic carbocycles. The highest BCUT2D eigenvalue weighted by Gasteiger charge is 2.34. The maximum atomic E-state index is 13.8. The molecule has 116 valence electrons. The van der Waals surface area contributed by atoms with E-state index < -0.39 is 22.2 Å². The molecule has 1 fully saturated rings. The molecule has 2 rings (SSSR count). The molecule has 0 aromatic heterocycles. The van der Waals surface area contributed by atoms with Crippen LogP contribution >= 0.6 is 12.4 Å². The van der Waals surface area contributed by atoms with Gasteiger partial charge in [0.2, 0.25) is 0 Å². The summed E-state index contributed by atoms with van der Waals surface area (Å²) in [4.78, 5) is 21.9. The van der Waals surface area contributed by atoms with Gasteiger partial charge in [-0.2, -0.15) is 0 Å². The van der Waals surface area contributed by atoms with E-state index in [2.05, 4.69) is 5.32 Å². The molecule has 0 atom stereocenters. The fraction of sp³-hybridized carbons (Fsp3) is 0.462. The lowest BCUT2D eigenvalue weighted by Gasteiger charge is -2.28. The molecule has 0 radical (unpaired) electrons. The first-order valence-corrected chi connectivity index (χ1v) is 6.44. The number of nitro groups is 1. The molecule has 21 heavy (non-hydrogen) atoms. The number of carbonyl (C=O) groups excluding carboxylic acids is 1. The number of halogens is 2.